The van der Waals surface area contributed by atoms with Gasteiger partial charge in [-0.2, -0.15) is 0 Å². The van der Waals surface area contributed by atoms with Crippen LogP contribution in [0.25, 0.3) is 0 Å². The van der Waals surface area contributed by atoms with Crippen molar-refractivity contribution in [2.75, 3.05) is 30.9 Å². The molecule has 0 unspecified atom stereocenters. The molecule has 1 aromatic carbocycles. The smallest absolute Gasteiger partial charge is 0.312 e. The maximum atomic E-state index is 11.2. The molecule has 0 N–H and O–H groups in total. The Balaban J connectivity index is 2.28. The molecule has 1 heterocycles. The molecule has 0 saturated carbocycles. The Morgan fingerprint density at radius 3 is 2.64 bits per heavy atom. The van der Waals surface area contributed by atoms with Gasteiger partial charge in [-0.1, -0.05) is 12.1 Å². The second-order valence-corrected chi connectivity index (χ2v) is 6.09. The van der Waals surface area contributed by atoms with E-state index in [9.17, 15) is 10.1 Å². The lowest BCUT2D eigenvalue weighted by molar-refractivity contribution is -0.384. The number of hydrogen-bond donors (Lipinski definition) is 0. The Labute approximate surface area is 137 Å². The van der Waals surface area contributed by atoms with Crippen molar-refractivity contribution in [3.8, 4) is 0 Å². The predicted octanol–water partition coefficient (Wildman–Crippen LogP) is 3.45. The molecule has 0 radical (unpaired) electrons. The Hall–Kier alpha value is -2.15. The summed E-state index contributed by atoms with van der Waals surface area (Å²) in [6.07, 6.45) is 1.56. The van der Waals surface area contributed by atoms with E-state index in [2.05, 4.69) is 27.0 Å². The van der Waals surface area contributed by atoms with Gasteiger partial charge in [0.25, 0.3) is 0 Å². The molecule has 2 aromatic rings. The SMILES string of the molecule is CN(C)c1cccc(CN(C)c2ncc(Br)cc2[N+](=O)[O-])c1. The molecule has 0 aliphatic heterocycles. The maximum absolute atomic E-state index is 11.2. The van der Waals surface area contributed by atoms with Crippen LogP contribution in [-0.4, -0.2) is 31.1 Å². The Morgan fingerprint density at radius 2 is 2.00 bits per heavy atom. The van der Waals surface area contributed by atoms with Gasteiger partial charge < -0.3 is 9.80 Å². The topological polar surface area (TPSA) is 62.5 Å². The highest BCUT2D eigenvalue weighted by Crippen LogP contribution is 2.29. The highest BCUT2D eigenvalue weighted by Gasteiger charge is 2.19. The summed E-state index contributed by atoms with van der Waals surface area (Å²) < 4.78 is 0.589. The van der Waals surface area contributed by atoms with E-state index in [1.807, 2.05) is 37.2 Å². The van der Waals surface area contributed by atoms with Crippen LogP contribution >= 0.6 is 15.9 Å². The molecule has 7 heteroatoms. The molecule has 116 valence electrons. The van der Waals surface area contributed by atoms with Gasteiger partial charge in [-0.3, -0.25) is 10.1 Å². The van der Waals surface area contributed by atoms with Crippen LogP contribution in [0.1, 0.15) is 5.56 Å². The predicted molar refractivity (Wildman–Crippen MR) is 91.5 cm³/mol. The first-order valence-electron chi connectivity index (χ1n) is 6.66. The molecule has 1 aromatic heterocycles. The van der Waals surface area contributed by atoms with Crippen LogP contribution in [-0.2, 0) is 6.54 Å². The first kappa shape index (κ1) is 16.2. The fourth-order valence-corrected chi connectivity index (χ4v) is 2.45. The molecular formula is C15H17BrN4O2. The van der Waals surface area contributed by atoms with Crippen molar-refractivity contribution in [2.45, 2.75) is 6.54 Å². The van der Waals surface area contributed by atoms with Crippen molar-refractivity contribution in [1.82, 2.24) is 4.98 Å². The average Bonchev–Trinajstić information content (AvgIpc) is 2.47. The molecule has 22 heavy (non-hydrogen) atoms. The molecule has 0 amide bonds. The largest absolute Gasteiger partial charge is 0.378 e. The van der Waals surface area contributed by atoms with Crippen LogP contribution in [0.5, 0.6) is 0 Å². The summed E-state index contributed by atoms with van der Waals surface area (Å²) in [5.41, 5.74) is 2.14. The lowest BCUT2D eigenvalue weighted by atomic mass is 10.2. The number of benzene rings is 1. The molecule has 0 fully saturated rings. The summed E-state index contributed by atoms with van der Waals surface area (Å²) in [6, 6.07) is 9.51. The van der Waals surface area contributed by atoms with Gasteiger partial charge in [-0.25, -0.2) is 4.98 Å². The van der Waals surface area contributed by atoms with Crippen LogP contribution in [0.3, 0.4) is 0 Å². The fraction of sp³-hybridized carbons (Fsp3) is 0.267. The lowest BCUT2D eigenvalue weighted by Crippen LogP contribution is -2.19. The molecule has 0 bridgehead atoms. The third-order valence-electron chi connectivity index (χ3n) is 3.22. The molecular weight excluding hydrogens is 348 g/mol. The van der Waals surface area contributed by atoms with Gasteiger partial charge in [0.2, 0.25) is 5.82 Å². The number of nitro groups is 1. The second-order valence-electron chi connectivity index (χ2n) is 5.17. The van der Waals surface area contributed by atoms with Crippen molar-refractivity contribution in [3.63, 3.8) is 0 Å². The first-order chi connectivity index (χ1) is 10.4. The number of aromatic nitrogens is 1. The van der Waals surface area contributed by atoms with E-state index < -0.39 is 4.92 Å². The van der Waals surface area contributed by atoms with Gasteiger partial charge >= 0.3 is 5.69 Å². The number of anilines is 2. The van der Waals surface area contributed by atoms with E-state index in [1.165, 1.54) is 6.07 Å². The van der Waals surface area contributed by atoms with Crippen LogP contribution in [0.2, 0.25) is 0 Å². The minimum absolute atomic E-state index is 0.0133. The van der Waals surface area contributed by atoms with E-state index >= 15 is 0 Å². The second kappa shape index (κ2) is 6.74. The normalized spacial score (nSPS) is 10.4. The minimum Gasteiger partial charge on any atom is -0.378 e. The summed E-state index contributed by atoms with van der Waals surface area (Å²) >= 11 is 3.22. The summed E-state index contributed by atoms with van der Waals surface area (Å²) in [5.74, 6) is 0.350. The monoisotopic (exact) mass is 364 g/mol. The van der Waals surface area contributed by atoms with E-state index in [1.54, 1.807) is 18.1 Å². The van der Waals surface area contributed by atoms with Gasteiger partial charge in [0.05, 0.1) is 4.92 Å². The quantitative estimate of drug-likeness (QED) is 0.600. The zero-order chi connectivity index (χ0) is 16.3. The van der Waals surface area contributed by atoms with Crippen LogP contribution in [0.15, 0.2) is 41.0 Å². The third-order valence-corrected chi connectivity index (χ3v) is 3.65. The van der Waals surface area contributed by atoms with Gasteiger partial charge in [0, 0.05) is 50.1 Å². The van der Waals surface area contributed by atoms with Gasteiger partial charge in [-0.15, -0.1) is 0 Å². The summed E-state index contributed by atoms with van der Waals surface area (Å²) in [6.45, 7) is 0.539. The van der Waals surface area contributed by atoms with E-state index in [0.29, 0.717) is 16.8 Å². The van der Waals surface area contributed by atoms with Crippen molar-refractivity contribution >= 4 is 33.1 Å². The van der Waals surface area contributed by atoms with Crippen molar-refractivity contribution in [3.05, 3.63) is 56.7 Å². The van der Waals surface area contributed by atoms with Gasteiger partial charge in [0.1, 0.15) is 0 Å². The van der Waals surface area contributed by atoms with E-state index in [0.717, 1.165) is 11.3 Å². The van der Waals surface area contributed by atoms with Gasteiger partial charge in [0.15, 0.2) is 0 Å². The number of rotatable bonds is 5. The van der Waals surface area contributed by atoms with Crippen LogP contribution in [0, 0.1) is 10.1 Å². The third kappa shape index (κ3) is 3.73. The summed E-state index contributed by atoms with van der Waals surface area (Å²) in [5, 5.41) is 11.2. The minimum atomic E-state index is -0.417. The number of halogens is 1. The number of pyridine rings is 1. The highest BCUT2D eigenvalue weighted by atomic mass is 79.9. The maximum Gasteiger partial charge on any atom is 0.312 e. The van der Waals surface area contributed by atoms with Crippen molar-refractivity contribution in [2.24, 2.45) is 0 Å². The molecule has 0 saturated heterocycles. The molecule has 0 spiro atoms. The van der Waals surface area contributed by atoms with Crippen LogP contribution in [0.4, 0.5) is 17.2 Å². The van der Waals surface area contributed by atoms with E-state index in [4.69, 9.17) is 0 Å². The molecule has 2 rings (SSSR count). The standard InChI is InChI=1S/C15H17BrN4O2/c1-18(2)13-6-4-5-11(7-13)10-19(3)15-14(20(21)22)8-12(16)9-17-15/h4-9H,10H2,1-3H3. The Bertz CT molecular complexity index is 691. The lowest BCUT2D eigenvalue weighted by Gasteiger charge is -2.19. The molecule has 0 aliphatic rings. The zero-order valence-electron chi connectivity index (χ0n) is 12.7. The average molecular weight is 365 g/mol. The highest BCUT2D eigenvalue weighted by molar-refractivity contribution is 9.10. The fourth-order valence-electron chi connectivity index (χ4n) is 2.13. The van der Waals surface area contributed by atoms with Crippen molar-refractivity contribution in [1.29, 1.82) is 0 Å². The Morgan fingerprint density at radius 1 is 1.27 bits per heavy atom. The summed E-state index contributed by atoms with van der Waals surface area (Å²) in [7, 11) is 5.75. The summed E-state index contributed by atoms with van der Waals surface area (Å²) in [4.78, 5) is 18.7. The molecule has 0 atom stereocenters. The van der Waals surface area contributed by atoms with Crippen LogP contribution < -0.4 is 9.80 Å². The number of hydrogen-bond acceptors (Lipinski definition) is 5. The number of nitrogens with zero attached hydrogens (tertiary/aromatic N) is 4. The zero-order valence-corrected chi connectivity index (χ0v) is 14.2. The van der Waals surface area contributed by atoms with Crippen molar-refractivity contribution < 1.29 is 4.92 Å². The van der Waals surface area contributed by atoms with E-state index in [-0.39, 0.29) is 5.69 Å². The molecule has 6 nitrogen and oxygen atoms in total. The van der Waals surface area contributed by atoms with Gasteiger partial charge in [-0.05, 0) is 33.6 Å². The molecule has 0 aliphatic carbocycles. The Kier molecular flexibility index (Phi) is 4.97. The first-order valence-corrected chi connectivity index (χ1v) is 7.45.